The molecule has 0 N–H and O–H groups in total. The third kappa shape index (κ3) is 2.18. The zero-order valence-electron chi connectivity index (χ0n) is 10.8. The highest BCUT2D eigenvalue weighted by atomic mass is 15.2. The van der Waals surface area contributed by atoms with Crippen LogP contribution in [0.1, 0.15) is 16.8 Å². The van der Waals surface area contributed by atoms with E-state index in [1.165, 1.54) is 0 Å². The van der Waals surface area contributed by atoms with Gasteiger partial charge in [0.25, 0.3) is 0 Å². The van der Waals surface area contributed by atoms with E-state index in [4.69, 9.17) is 0 Å². The smallest absolute Gasteiger partial charge is 0.151 e. The maximum Gasteiger partial charge on any atom is 0.151 e. The summed E-state index contributed by atoms with van der Waals surface area (Å²) >= 11 is 0. The van der Waals surface area contributed by atoms with Crippen LogP contribution in [0.25, 0.3) is 0 Å². The first-order valence-corrected chi connectivity index (χ1v) is 5.80. The van der Waals surface area contributed by atoms with E-state index >= 15 is 0 Å². The van der Waals surface area contributed by atoms with Crippen LogP contribution in [0.15, 0.2) is 36.4 Å². The normalized spacial score (nSPS) is 9.89. The Morgan fingerprint density at radius 3 is 2.44 bits per heavy atom. The highest BCUT2D eigenvalue weighted by molar-refractivity contribution is 5.66. The lowest BCUT2D eigenvalue weighted by atomic mass is 10.1. The number of hydrogen-bond acceptors (Lipinski definition) is 3. The molecule has 0 atom stereocenters. The zero-order chi connectivity index (χ0) is 13.1. The van der Waals surface area contributed by atoms with Crippen molar-refractivity contribution in [2.75, 3.05) is 11.9 Å². The predicted molar refractivity (Wildman–Crippen MR) is 72.9 cm³/mol. The molecule has 0 spiro atoms. The van der Waals surface area contributed by atoms with Crippen LogP contribution < -0.4 is 4.90 Å². The summed E-state index contributed by atoms with van der Waals surface area (Å²) in [5.74, 6) is 0.709. The molecule has 0 fully saturated rings. The minimum atomic E-state index is 0.631. The van der Waals surface area contributed by atoms with E-state index in [9.17, 15) is 5.26 Å². The molecule has 3 heteroatoms. The molecule has 1 heterocycles. The molecule has 18 heavy (non-hydrogen) atoms. The van der Waals surface area contributed by atoms with Gasteiger partial charge in [-0.05, 0) is 37.6 Å². The fourth-order valence-electron chi connectivity index (χ4n) is 1.97. The Balaban J connectivity index is 2.55. The number of hydrogen-bond donors (Lipinski definition) is 0. The molecule has 0 aliphatic rings. The van der Waals surface area contributed by atoms with Crippen LogP contribution >= 0.6 is 0 Å². The van der Waals surface area contributed by atoms with Crippen LogP contribution in [0.2, 0.25) is 0 Å². The molecule has 0 radical (unpaired) electrons. The molecule has 3 nitrogen and oxygen atoms in total. The molecule has 1 aromatic carbocycles. The van der Waals surface area contributed by atoms with Crippen molar-refractivity contribution < 1.29 is 0 Å². The summed E-state index contributed by atoms with van der Waals surface area (Å²) in [4.78, 5) is 6.43. The van der Waals surface area contributed by atoms with E-state index in [0.29, 0.717) is 11.4 Å². The molecular formula is C15H15N3. The van der Waals surface area contributed by atoms with Gasteiger partial charge in [0.05, 0.1) is 5.56 Å². The van der Waals surface area contributed by atoms with Crippen LogP contribution in [0.3, 0.4) is 0 Å². The molecule has 0 aliphatic carbocycles. The van der Waals surface area contributed by atoms with Gasteiger partial charge in [-0.3, -0.25) is 0 Å². The number of benzene rings is 1. The molecule has 1 aromatic heterocycles. The van der Waals surface area contributed by atoms with Crippen LogP contribution in [0, 0.1) is 25.2 Å². The quantitative estimate of drug-likeness (QED) is 0.804. The van der Waals surface area contributed by atoms with Crippen molar-refractivity contribution in [2.24, 2.45) is 0 Å². The van der Waals surface area contributed by atoms with Crippen molar-refractivity contribution in [1.82, 2.24) is 4.98 Å². The number of pyridine rings is 1. The van der Waals surface area contributed by atoms with Gasteiger partial charge >= 0.3 is 0 Å². The van der Waals surface area contributed by atoms with Gasteiger partial charge in [-0.15, -0.1) is 0 Å². The van der Waals surface area contributed by atoms with E-state index in [1.807, 2.05) is 62.2 Å². The second kappa shape index (κ2) is 4.89. The molecule has 0 amide bonds. The Morgan fingerprint density at radius 2 is 1.83 bits per heavy atom. The molecule has 0 unspecified atom stereocenters. The first-order valence-electron chi connectivity index (χ1n) is 5.80. The minimum Gasteiger partial charge on any atom is -0.328 e. The van der Waals surface area contributed by atoms with Gasteiger partial charge in [0.1, 0.15) is 6.07 Å². The molecule has 0 saturated carbocycles. The summed E-state index contributed by atoms with van der Waals surface area (Å²) in [7, 11) is 1.93. The molecule has 0 aliphatic heterocycles. The van der Waals surface area contributed by atoms with Crippen molar-refractivity contribution in [1.29, 1.82) is 5.26 Å². The maximum atomic E-state index is 9.27. The fourth-order valence-corrected chi connectivity index (χ4v) is 1.97. The topological polar surface area (TPSA) is 39.9 Å². The number of anilines is 2. The Kier molecular flexibility index (Phi) is 3.29. The van der Waals surface area contributed by atoms with Crippen molar-refractivity contribution in [3.05, 3.63) is 53.2 Å². The zero-order valence-corrected chi connectivity index (χ0v) is 10.8. The number of para-hydroxylation sites is 1. The molecule has 0 saturated heterocycles. The molecular weight excluding hydrogens is 222 g/mol. The Bertz CT molecular complexity index is 597. The van der Waals surface area contributed by atoms with E-state index in [1.54, 1.807) is 0 Å². The third-order valence-corrected chi connectivity index (χ3v) is 2.90. The highest BCUT2D eigenvalue weighted by Crippen LogP contribution is 2.26. The number of nitriles is 1. The monoisotopic (exact) mass is 237 g/mol. The SMILES string of the molecule is Cc1cc(C)c(C#N)c(N(C)c2ccccc2)n1. The van der Waals surface area contributed by atoms with Crippen LogP contribution in [0.5, 0.6) is 0 Å². The largest absolute Gasteiger partial charge is 0.328 e. The molecule has 90 valence electrons. The lowest BCUT2D eigenvalue weighted by molar-refractivity contribution is 1.07. The van der Waals surface area contributed by atoms with Gasteiger partial charge in [-0.2, -0.15) is 5.26 Å². The van der Waals surface area contributed by atoms with Crippen molar-refractivity contribution in [3.63, 3.8) is 0 Å². The summed E-state index contributed by atoms with van der Waals surface area (Å²) in [5, 5.41) is 9.27. The average molecular weight is 237 g/mol. The van der Waals surface area contributed by atoms with Crippen LogP contribution in [-0.2, 0) is 0 Å². The second-order valence-electron chi connectivity index (χ2n) is 4.29. The number of nitrogens with zero attached hydrogens (tertiary/aromatic N) is 3. The number of aryl methyl sites for hydroxylation is 2. The standard InChI is InChI=1S/C15H15N3/c1-11-9-12(2)17-15(14(11)10-16)18(3)13-7-5-4-6-8-13/h4-9H,1-3H3. The maximum absolute atomic E-state index is 9.27. The average Bonchev–Trinajstić information content (AvgIpc) is 2.38. The lowest BCUT2D eigenvalue weighted by Crippen LogP contribution is -2.14. The van der Waals surface area contributed by atoms with Gasteiger partial charge in [0.15, 0.2) is 5.82 Å². The van der Waals surface area contributed by atoms with E-state index in [-0.39, 0.29) is 0 Å². The van der Waals surface area contributed by atoms with Crippen LogP contribution in [0.4, 0.5) is 11.5 Å². The van der Waals surface area contributed by atoms with Crippen molar-refractivity contribution in [2.45, 2.75) is 13.8 Å². The Morgan fingerprint density at radius 1 is 1.17 bits per heavy atom. The first kappa shape index (κ1) is 12.1. The summed E-state index contributed by atoms with van der Waals surface area (Å²) in [5.41, 5.74) is 3.53. The highest BCUT2D eigenvalue weighted by Gasteiger charge is 2.13. The van der Waals surface area contributed by atoms with Gasteiger partial charge in [0, 0.05) is 18.4 Å². The number of rotatable bonds is 2. The van der Waals surface area contributed by atoms with E-state index in [2.05, 4.69) is 11.1 Å². The van der Waals surface area contributed by atoms with Crippen molar-refractivity contribution >= 4 is 11.5 Å². The number of aromatic nitrogens is 1. The predicted octanol–water partition coefficient (Wildman–Crippen LogP) is 3.34. The summed E-state index contributed by atoms with van der Waals surface area (Å²) in [6.45, 7) is 3.88. The van der Waals surface area contributed by atoms with Crippen LogP contribution in [-0.4, -0.2) is 12.0 Å². The van der Waals surface area contributed by atoms with Crippen molar-refractivity contribution in [3.8, 4) is 6.07 Å². The van der Waals surface area contributed by atoms with E-state index < -0.39 is 0 Å². The van der Waals surface area contributed by atoms with Gasteiger partial charge in [0.2, 0.25) is 0 Å². The summed E-state index contributed by atoms with van der Waals surface area (Å²) in [6.07, 6.45) is 0. The van der Waals surface area contributed by atoms with Gasteiger partial charge in [-0.25, -0.2) is 4.98 Å². The minimum absolute atomic E-state index is 0.631. The third-order valence-electron chi connectivity index (χ3n) is 2.90. The van der Waals surface area contributed by atoms with Gasteiger partial charge in [-0.1, -0.05) is 18.2 Å². The Hall–Kier alpha value is -2.34. The van der Waals surface area contributed by atoms with E-state index in [0.717, 1.165) is 16.9 Å². The first-order chi connectivity index (χ1) is 8.63. The summed E-state index contributed by atoms with van der Waals surface area (Å²) < 4.78 is 0. The molecule has 2 rings (SSSR count). The summed E-state index contributed by atoms with van der Waals surface area (Å²) in [6, 6.07) is 14.1. The lowest BCUT2D eigenvalue weighted by Gasteiger charge is -2.20. The molecule has 2 aromatic rings. The van der Waals surface area contributed by atoms with Gasteiger partial charge < -0.3 is 4.90 Å². The molecule has 0 bridgehead atoms. The second-order valence-corrected chi connectivity index (χ2v) is 4.29. The fraction of sp³-hybridized carbons (Fsp3) is 0.200. The Labute approximate surface area is 107 Å².